The molecule has 8 nitrogen and oxygen atoms in total. The first-order chi connectivity index (χ1) is 21.4. The van der Waals surface area contributed by atoms with Crippen LogP contribution < -0.4 is 62.2 Å². The van der Waals surface area contributed by atoms with Gasteiger partial charge < -0.3 is 5.11 Å². The van der Waals surface area contributed by atoms with E-state index in [0.717, 1.165) is 28.5 Å². The fourth-order valence-corrected chi connectivity index (χ4v) is 6.92. The second-order valence-electron chi connectivity index (χ2n) is 9.98. The normalized spacial score (nSPS) is 12.2. The molecule has 2 heterocycles. The van der Waals surface area contributed by atoms with Crippen molar-refractivity contribution < 1.29 is 78.1 Å². The molecule has 0 fully saturated rings. The summed E-state index contributed by atoms with van der Waals surface area (Å²) >= 11 is 6.96. The quantitative estimate of drug-likeness (QED) is 0.126. The molecule has 0 aliphatic heterocycles. The molecule has 0 unspecified atom stereocenters. The molecule has 0 aliphatic rings. The number of sulfonamides is 1. The van der Waals surface area contributed by atoms with E-state index in [2.05, 4.69) is 9.50 Å². The minimum atomic E-state index is -4.68. The van der Waals surface area contributed by atoms with Gasteiger partial charge in [0.2, 0.25) is 0 Å². The van der Waals surface area contributed by atoms with Gasteiger partial charge in [-0.05, 0) is 47.2 Å². The van der Waals surface area contributed by atoms with Crippen LogP contribution in [-0.2, 0) is 29.2 Å². The molecule has 234 valence electrons. The Hall–Kier alpha value is -2.56. The van der Waals surface area contributed by atoms with Crippen LogP contribution >= 0.6 is 22.9 Å². The summed E-state index contributed by atoms with van der Waals surface area (Å²) in [6, 6.07) is 19.0. The molecule has 0 atom stereocenters. The maximum atomic E-state index is 13.7. The third-order valence-corrected chi connectivity index (χ3v) is 9.56. The number of alkyl halides is 3. The standard InChI is InChI=1S/C31H26ClF3N4O4S2.K/c1-2-3-12-27-36-39(25-10-6-5-9-23(25)31(33,34)35)30(41)38(27)19-20-13-15-21(16-14-20)22-8-4-7-11-26(22)45(42,43)37-29(40)28-24(32)17-18-44-28;/h4-11,13-18H,2-3,12,19H2,1H3,(H,37,40);/q;+1/p-1. The molecule has 0 amide bonds. The van der Waals surface area contributed by atoms with Gasteiger partial charge in [0.1, 0.15) is 5.82 Å². The third kappa shape index (κ3) is 7.93. The fourth-order valence-electron chi connectivity index (χ4n) is 4.72. The zero-order valence-electron chi connectivity index (χ0n) is 24.7. The molecule has 3 aromatic carbocycles. The Kier molecular flexibility index (Phi) is 11.9. The van der Waals surface area contributed by atoms with E-state index >= 15 is 0 Å². The van der Waals surface area contributed by atoms with Gasteiger partial charge in [0.05, 0.1) is 32.6 Å². The molecule has 0 saturated heterocycles. The van der Waals surface area contributed by atoms with Gasteiger partial charge in [0, 0.05) is 17.9 Å². The Labute approximate surface area is 314 Å². The molecule has 0 aliphatic carbocycles. The largest absolute Gasteiger partial charge is 1.00 e. The van der Waals surface area contributed by atoms with Gasteiger partial charge in [0.15, 0.2) is 0 Å². The topological polar surface area (TPSA) is 109 Å². The Morgan fingerprint density at radius 2 is 1.70 bits per heavy atom. The molecule has 46 heavy (non-hydrogen) atoms. The fraction of sp³-hybridized carbons (Fsp3) is 0.194. The first-order valence-corrected chi connectivity index (χ1v) is 16.4. The predicted octanol–water partition coefficient (Wildman–Crippen LogP) is 3.33. The van der Waals surface area contributed by atoms with E-state index in [9.17, 15) is 31.5 Å². The van der Waals surface area contributed by atoms with Crippen molar-refractivity contribution in [3.63, 3.8) is 0 Å². The molecule has 0 N–H and O–H groups in total. The molecule has 0 spiro atoms. The maximum Gasteiger partial charge on any atom is 1.00 e. The SMILES string of the molecule is CCCCc1nn(-c2ccccc2C(F)(F)F)c(=O)n1Cc1ccc(-c2ccccc2S(=O)(=O)/N=C(\[O-])c2sccc2Cl)cc1.[K+]. The molecule has 2 aromatic heterocycles. The van der Waals surface area contributed by atoms with Crippen LogP contribution in [0.2, 0.25) is 5.02 Å². The number of rotatable bonds is 10. The minimum Gasteiger partial charge on any atom is -0.857 e. The van der Waals surface area contributed by atoms with Crippen molar-refractivity contribution in [2.45, 2.75) is 43.8 Å². The van der Waals surface area contributed by atoms with Crippen LogP contribution in [0.15, 0.2) is 98.3 Å². The maximum absolute atomic E-state index is 13.7. The number of hydrogen-bond donors (Lipinski definition) is 0. The molecule has 5 rings (SSSR count). The number of aromatic nitrogens is 3. The van der Waals surface area contributed by atoms with E-state index in [1.165, 1.54) is 41.0 Å². The summed E-state index contributed by atoms with van der Waals surface area (Å²) in [7, 11) is -4.41. The van der Waals surface area contributed by atoms with Gasteiger partial charge in [-0.1, -0.05) is 79.5 Å². The van der Waals surface area contributed by atoms with Crippen molar-refractivity contribution in [2.75, 3.05) is 0 Å². The van der Waals surface area contributed by atoms with Crippen LogP contribution in [-0.4, -0.2) is 28.7 Å². The summed E-state index contributed by atoms with van der Waals surface area (Å²) in [4.78, 5) is 13.3. The number of aryl methyl sites for hydroxylation is 1. The zero-order chi connectivity index (χ0) is 32.4. The van der Waals surface area contributed by atoms with E-state index in [1.807, 2.05) is 6.92 Å². The number of hydrogen-bond acceptors (Lipinski definition) is 6. The van der Waals surface area contributed by atoms with Gasteiger partial charge >= 0.3 is 63.3 Å². The number of thiophene rings is 1. The van der Waals surface area contributed by atoms with Crippen molar-refractivity contribution in [1.29, 1.82) is 0 Å². The van der Waals surface area contributed by atoms with Crippen molar-refractivity contribution in [3.05, 3.63) is 122 Å². The van der Waals surface area contributed by atoms with Crippen LogP contribution in [0.1, 0.15) is 41.6 Å². The minimum absolute atomic E-state index is 0. The second kappa shape index (κ2) is 15.1. The van der Waals surface area contributed by atoms with Crippen molar-refractivity contribution >= 4 is 38.9 Å². The Morgan fingerprint density at radius 1 is 1.02 bits per heavy atom. The van der Waals surface area contributed by atoms with Gasteiger partial charge in [0.25, 0.3) is 10.0 Å². The predicted molar refractivity (Wildman–Crippen MR) is 165 cm³/mol. The molecule has 0 bridgehead atoms. The van der Waals surface area contributed by atoms with E-state index in [0.29, 0.717) is 35.4 Å². The summed E-state index contributed by atoms with van der Waals surface area (Å²) < 4.78 is 73.1. The molecule has 5 aromatic rings. The smallest absolute Gasteiger partial charge is 0.857 e. The third-order valence-electron chi connectivity index (χ3n) is 6.92. The number of nitrogens with zero attached hydrogens (tertiary/aromatic N) is 4. The van der Waals surface area contributed by atoms with Crippen LogP contribution in [0.3, 0.4) is 0 Å². The average molecular weight is 713 g/mol. The zero-order valence-corrected chi connectivity index (χ0v) is 30.2. The van der Waals surface area contributed by atoms with Crippen molar-refractivity contribution in [3.8, 4) is 16.8 Å². The Morgan fingerprint density at radius 3 is 2.35 bits per heavy atom. The van der Waals surface area contributed by atoms with E-state index in [4.69, 9.17) is 11.6 Å². The summed E-state index contributed by atoms with van der Waals surface area (Å²) in [6.45, 7) is 1.98. The summed E-state index contributed by atoms with van der Waals surface area (Å²) in [6.07, 6.45) is -2.83. The summed E-state index contributed by atoms with van der Waals surface area (Å²) in [5, 5.41) is 18.5. The van der Waals surface area contributed by atoms with E-state index in [1.54, 1.807) is 41.8 Å². The number of para-hydroxylation sites is 1. The summed E-state index contributed by atoms with van der Waals surface area (Å²) in [5.74, 6) is -0.626. The van der Waals surface area contributed by atoms with Gasteiger partial charge in [-0.2, -0.15) is 30.7 Å². The molecular formula is C31H25ClF3KN4O4S2. The average Bonchev–Trinajstić information content (AvgIpc) is 3.58. The van der Waals surface area contributed by atoms with Crippen molar-refractivity contribution in [1.82, 2.24) is 14.3 Å². The van der Waals surface area contributed by atoms with Gasteiger partial charge in [-0.3, -0.25) is 4.57 Å². The number of unbranched alkanes of at least 4 members (excludes halogenated alkanes) is 1. The van der Waals surface area contributed by atoms with Crippen LogP contribution in [0.25, 0.3) is 16.8 Å². The van der Waals surface area contributed by atoms with Crippen LogP contribution in [0.4, 0.5) is 13.2 Å². The number of halogens is 4. The molecule has 0 radical (unpaired) electrons. The number of benzene rings is 3. The molecule has 15 heteroatoms. The second-order valence-corrected chi connectivity index (χ2v) is 12.9. The first-order valence-electron chi connectivity index (χ1n) is 13.7. The van der Waals surface area contributed by atoms with Gasteiger partial charge in [-0.25, -0.2) is 4.79 Å². The molecular weight excluding hydrogens is 688 g/mol. The van der Waals surface area contributed by atoms with Gasteiger partial charge in [-0.15, -0.1) is 16.4 Å². The van der Waals surface area contributed by atoms with Crippen molar-refractivity contribution in [2.24, 2.45) is 4.40 Å². The van der Waals surface area contributed by atoms with Crippen LogP contribution in [0.5, 0.6) is 0 Å². The van der Waals surface area contributed by atoms with Crippen LogP contribution in [0, 0.1) is 0 Å². The van der Waals surface area contributed by atoms with E-state index in [-0.39, 0.29) is 78.4 Å². The molecule has 0 saturated carbocycles. The Bertz CT molecular complexity index is 2040. The first kappa shape index (κ1) is 36.3. The summed E-state index contributed by atoms with van der Waals surface area (Å²) in [5.41, 5.74) is -0.600. The Balaban J connectivity index is 0.00000480. The monoisotopic (exact) mass is 712 g/mol. The van der Waals surface area contributed by atoms with E-state index < -0.39 is 33.4 Å².